The molecule has 2 heterocycles. The number of carbonyl (C=O) groups excluding carboxylic acids is 1. The summed E-state index contributed by atoms with van der Waals surface area (Å²) in [6.07, 6.45) is 4.52. The molecule has 32 heavy (non-hydrogen) atoms. The van der Waals surface area contributed by atoms with Crippen LogP contribution in [-0.4, -0.2) is 41.6 Å². The molecule has 1 saturated heterocycles. The third-order valence-electron chi connectivity index (χ3n) is 6.22. The minimum absolute atomic E-state index is 0.275. The minimum Gasteiger partial charge on any atom is -0.378 e. The zero-order valence-electron chi connectivity index (χ0n) is 19.2. The number of rotatable bonds is 9. The molecule has 0 amide bonds. The van der Waals surface area contributed by atoms with E-state index < -0.39 is 0 Å². The van der Waals surface area contributed by atoms with Crippen LogP contribution in [0.3, 0.4) is 0 Å². The van der Waals surface area contributed by atoms with Crippen molar-refractivity contribution in [2.75, 3.05) is 31.2 Å². The number of Topliss-reactive ketones (excluding diaryl/α,β-unsaturated/α-hetero) is 1. The second kappa shape index (κ2) is 10.6. The highest BCUT2D eigenvalue weighted by Gasteiger charge is 2.15. The maximum atomic E-state index is 12.7. The van der Waals surface area contributed by atoms with Crippen molar-refractivity contribution in [3.8, 4) is 0 Å². The molecule has 0 aliphatic carbocycles. The van der Waals surface area contributed by atoms with E-state index in [2.05, 4.69) is 70.8 Å². The highest BCUT2D eigenvalue weighted by Crippen LogP contribution is 2.23. The Morgan fingerprint density at radius 1 is 1.06 bits per heavy atom. The Morgan fingerprint density at radius 2 is 1.84 bits per heavy atom. The average Bonchev–Trinajstić information content (AvgIpc) is 3.20. The van der Waals surface area contributed by atoms with Gasteiger partial charge in [0, 0.05) is 56.5 Å². The van der Waals surface area contributed by atoms with Crippen LogP contribution < -0.4 is 4.90 Å². The zero-order valence-corrected chi connectivity index (χ0v) is 19.2. The van der Waals surface area contributed by atoms with Crippen LogP contribution in [-0.2, 0) is 35.3 Å². The summed E-state index contributed by atoms with van der Waals surface area (Å²) in [6, 6.07) is 16.8. The molecule has 5 heteroatoms. The van der Waals surface area contributed by atoms with Crippen molar-refractivity contribution in [3.05, 3.63) is 82.9 Å². The molecular formula is C27H33N3O2. The lowest BCUT2D eigenvalue weighted by molar-refractivity contribution is -0.118. The zero-order chi connectivity index (χ0) is 22.3. The molecule has 5 nitrogen and oxygen atoms in total. The fourth-order valence-corrected chi connectivity index (χ4v) is 4.53. The van der Waals surface area contributed by atoms with Gasteiger partial charge in [-0.2, -0.15) is 0 Å². The van der Waals surface area contributed by atoms with E-state index in [-0.39, 0.29) is 5.78 Å². The van der Waals surface area contributed by atoms with Crippen molar-refractivity contribution in [3.63, 3.8) is 0 Å². The van der Waals surface area contributed by atoms with Crippen LogP contribution in [0.25, 0.3) is 0 Å². The summed E-state index contributed by atoms with van der Waals surface area (Å²) in [6.45, 7) is 8.55. The summed E-state index contributed by atoms with van der Waals surface area (Å²) in [5, 5.41) is 0. The van der Waals surface area contributed by atoms with Crippen LogP contribution in [0.15, 0.2) is 54.7 Å². The Balaban J connectivity index is 1.34. The third kappa shape index (κ3) is 5.46. The van der Waals surface area contributed by atoms with E-state index in [1.54, 1.807) is 0 Å². The highest BCUT2D eigenvalue weighted by atomic mass is 16.5. The molecule has 1 aliphatic rings. The van der Waals surface area contributed by atoms with E-state index >= 15 is 0 Å². The molecule has 0 saturated carbocycles. The Morgan fingerprint density at radius 3 is 2.56 bits per heavy atom. The number of nitrogens with zero attached hydrogens (tertiary/aromatic N) is 3. The average molecular weight is 432 g/mol. The first-order valence-corrected chi connectivity index (χ1v) is 11.6. The molecule has 0 unspecified atom stereocenters. The van der Waals surface area contributed by atoms with Crippen molar-refractivity contribution in [2.45, 2.75) is 46.1 Å². The topological polar surface area (TPSA) is 47.4 Å². The number of ketones is 1. The number of imidazole rings is 1. The highest BCUT2D eigenvalue weighted by molar-refractivity contribution is 5.81. The van der Waals surface area contributed by atoms with Gasteiger partial charge in [0.25, 0.3) is 0 Å². The fourth-order valence-electron chi connectivity index (χ4n) is 4.53. The summed E-state index contributed by atoms with van der Waals surface area (Å²) < 4.78 is 7.71. The first-order valence-electron chi connectivity index (χ1n) is 11.6. The number of aryl methyl sites for hydroxylation is 2. The Hall–Kier alpha value is -2.92. The Labute approximate surface area is 191 Å². The van der Waals surface area contributed by atoms with Gasteiger partial charge in [0.05, 0.1) is 13.2 Å². The van der Waals surface area contributed by atoms with Crippen molar-refractivity contribution < 1.29 is 9.53 Å². The van der Waals surface area contributed by atoms with Crippen LogP contribution in [0, 0.1) is 6.92 Å². The molecule has 1 aromatic heterocycles. The molecule has 1 aliphatic heterocycles. The summed E-state index contributed by atoms with van der Waals surface area (Å²) in [7, 11) is 0. The van der Waals surface area contributed by atoms with Gasteiger partial charge in [-0.05, 0) is 43.0 Å². The molecule has 1 fully saturated rings. The smallest absolute Gasteiger partial charge is 0.137 e. The number of ether oxygens (including phenoxy) is 1. The second-order valence-electron chi connectivity index (χ2n) is 8.51. The van der Waals surface area contributed by atoms with Gasteiger partial charge in [-0.3, -0.25) is 4.79 Å². The lowest BCUT2D eigenvalue weighted by Gasteiger charge is -2.30. The lowest BCUT2D eigenvalue weighted by atomic mass is 10.0. The maximum Gasteiger partial charge on any atom is 0.137 e. The van der Waals surface area contributed by atoms with E-state index in [9.17, 15) is 4.79 Å². The molecular weight excluding hydrogens is 398 g/mol. The van der Waals surface area contributed by atoms with E-state index in [4.69, 9.17) is 4.74 Å². The molecule has 0 spiro atoms. The summed E-state index contributed by atoms with van der Waals surface area (Å²) in [5.41, 5.74) is 5.98. The van der Waals surface area contributed by atoms with Crippen molar-refractivity contribution >= 4 is 11.5 Å². The van der Waals surface area contributed by atoms with E-state index in [1.165, 1.54) is 16.8 Å². The standard InChI is InChI=1S/C27H33N3O2/c1-3-30-24(20-28-27(30)19-22-7-5-4-6-8-22)10-11-25(31)18-23-9-12-26(21(2)17-23)29-13-15-32-16-14-29/h4-9,12,17,20H,3,10-11,13-16,18-19H2,1-2H3. The second-order valence-corrected chi connectivity index (χ2v) is 8.51. The van der Waals surface area contributed by atoms with Gasteiger partial charge in [0.2, 0.25) is 0 Å². The van der Waals surface area contributed by atoms with E-state index in [1.807, 2.05) is 12.3 Å². The van der Waals surface area contributed by atoms with Gasteiger partial charge in [-0.25, -0.2) is 4.98 Å². The van der Waals surface area contributed by atoms with Gasteiger partial charge in [-0.15, -0.1) is 0 Å². The Kier molecular flexibility index (Phi) is 7.38. The number of aromatic nitrogens is 2. The van der Waals surface area contributed by atoms with Crippen LogP contribution >= 0.6 is 0 Å². The summed E-state index contributed by atoms with van der Waals surface area (Å²) >= 11 is 0. The SMILES string of the molecule is CCn1c(CCC(=O)Cc2ccc(N3CCOCC3)c(C)c2)cnc1Cc1ccccc1. The van der Waals surface area contributed by atoms with Crippen LogP contribution in [0.2, 0.25) is 0 Å². The molecule has 0 N–H and O–H groups in total. The van der Waals surface area contributed by atoms with Gasteiger partial charge >= 0.3 is 0 Å². The molecule has 0 atom stereocenters. The normalized spacial score (nSPS) is 14.0. The van der Waals surface area contributed by atoms with Gasteiger partial charge in [0.15, 0.2) is 0 Å². The first kappa shape index (κ1) is 22.3. The molecule has 2 aromatic carbocycles. The summed E-state index contributed by atoms with van der Waals surface area (Å²) in [5.74, 6) is 1.34. The van der Waals surface area contributed by atoms with Gasteiger partial charge in [0.1, 0.15) is 11.6 Å². The molecule has 0 radical (unpaired) electrons. The summed E-state index contributed by atoms with van der Waals surface area (Å²) in [4.78, 5) is 19.7. The quantitative estimate of drug-likeness (QED) is 0.504. The molecule has 4 rings (SSSR count). The number of hydrogen-bond donors (Lipinski definition) is 0. The minimum atomic E-state index is 0.275. The number of hydrogen-bond acceptors (Lipinski definition) is 4. The third-order valence-corrected chi connectivity index (χ3v) is 6.22. The lowest BCUT2D eigenvalue weighted by Crippen LogP contribution is -2.36. The largest absolute Gasteiger partial charge is 0.378 e. The number of morpholine rings is 1. The predicted octanol–water partition coefficient (Wildman–Crippen LogP) is 4.38. The number of benzene rings is 2. The first-order chi connectivity index (χ1) is 15.6. The molecule has 3 aromatic rings. The van der Waals surface area contributed by atoms with Gasteiger partial charge < -0.3 is 14.2 Å². The van der Waals surface area contributed by atoms with Crippen LogP contribution in [0.5, 0.6) is 0 Å². The van der Waals surface area contributed by atoms with Crippen molar-refractivity contribution in [1.82, 2.24) is 9.55 Å². The van der Waals surface area contributed by atoms with Crippen molar-refractivity contribution in [1.29, 1.82) is 0 Å². The van der Waals surface area contributed by atoms with E-state index in [0.717, 1.165) is 62.8 Å². The molecule has 0 bridgehead atoms. The number of anilines is 1. The van der Waals surface area contributed by atoms with Gasteiger partial charge in [-0.1, -0.05) is 42.5 Å². The Bertz CT molecular complexity index is 1040. The van der Waals surface area contributed by atoms with Crippen LogP contribution in [0.4, 0.5) is 5.69 Å². The van der Waals surface area contributed by atoms with Crippen molar-refractivity contribution in [2.24, 2.45) is 0 Å². The fraction of sp³-hybridized carbons (Fsp3) is 0.407. The monoisotopic (exact) mass is 431 g/mol. The predicted molar refractivity (Wildman–Crippen MR) is 128 cm³/mol. The number of carbonyl (C=O) groups is 1. The maximum absolute atomic E-state index is 12.7. The van der Waals surface area contributed by atoms with Crippen LogP contribution in [0.1, 0.15) is 41.6 Å². The van der Waals surface area contributed by atoms with E-state index in [0.29, 0.717) is 12.8 Å². The molecule has 168 valence electrons.